The molecule has 0 aliphatic carbocycles. The van der Waals surface area contributed by atoms with Crippen molar-refractivity contribution in [2.45, 2.75) is 0 Å². The lowest BCUT2D eigenvalue weighted by Crippen LogP contribution is -1.95. The predicted molar refractivity (Wildman–Crippen MR) is 88.6 cm³/mol. The van der Waals surface area contributed by atoms with Crippen molar-refractivity contribution in [2.24, 2.45) is 0 Å². The maximum atomic E-state index is 6.11. The van der Waals surface area contributed by atoms with E-state index in [9.17, 15) is 0 Å². The minimum absolute atomic E-state index is 0.267. The summed E-state index contributed by atoms with van der Waals surface area (Å²) in [6.45, 7) is 0. The number of anilines is 1. The van der Waals surface area contributed by atoms with Crippen LogP contribution in [0.4, 0.5) is 5.69 Å². The fraction of sp³-hybridized carbons (Fsp3) is 0.125. The second kappa shape index (κ2) is 6.18. The monoisotopic (exact) mass is 331 g/mol. The molecular formula is C16H14ClN3O3. The van der Waals surface area contributed by atoms with Gasteiger partial charge in [-0.25, -0.2) is 4.98 Å². The topological polar surface area (TPSA) is 79.5 Å². The van der Waals surface area contributed by atoms with Crippen molar-refractivity contribution in [2.75, 3.05) is 20.0 Å². The first kappa shape index (κ1) is 15.2. The molecule has 23 heavy (non-hydrogen) atoms. The summed E-state index contributed by atoms with van der Waals surface area (Å²) in [6.07, 6.45) is 3.11. The van der Waals surface area contributed by atoms with Crippen LogP contribution in [0, 0.1) is 0 Å². The van der Waals surface area contributed by atoms with E-state index in [2.05, 4.69) is 9.97 Å². The van der Waals surface area contributed by atoms with Crippen molar-refractivity contribution in [1.82, 2.24) is 9.97 Å². The number of pyridine rings is 2. The van der Waals surface area contributed by atoms with E-state index < -0.39 is 0 Å². The molecule has 118 valence electrons. The van der Waals surface area contributed by atoms with E-state index in [-0.39, 0.29) is 5.88 Å². The van der Waals surface area contributed by atoms with E-state index in [1.807, 2.05) is 0 Å². The first-order chi connectivity index (χ1) is 11.1. The van der Waals surface area contributed by atoms with Crippen molar-refractivity contribution < 1.29 is 14.2 Å². The Morgan fingerprint density at radius 3 is 2.43 bits per heavy atom. The molecule has 0 amide bonds. The van der Waals surface area contributed by atoms with Gasteiger partial charge >= 0.3 is 0 Å². The standard InChI is InChI=1S/C16H14ClN3O3/c1-21-14-6-10-12(7-15(14)22-2)19-4-3-13(10)23-16-11(17)5-9(18)8-20-16/h3-8H,18H2,1-2H3. The smallest absolute Gasteiger partial charge is 0.238 e. The van der Waals surface area contributed by atoms with E-state index in [4.69, 9.17) is 31.5 Å². The zero-order chi connectivity index (χ0) is 16.4. The summed E-state index contributed by atoms with van der Waals surface area (Å²) >= 11 is 6.11. The van der Waals surface area contributed by atoms with E-state index in [0.717, 1.165) is 5.39 Å². The van der Waals surface area contributed by atoms with Gasteiger partial charge in [-0.3, -0.25) is 4.98 Å². The molecule has 2 N–H and O–H groups in total. The highest BCUT2D eigenvalue weighted by molar-refractivity contribution is 6.32. The van der Waals surface area contributed by atoms with Crippen LogP contribution in [-0.2, 0) is 0 Å². The molecule has 2 aromatic heterocycles. The van der Waals surface area contributed by atoms with Gasteiger partial charge in [0.2, 0.25) is 5.88 Å². The SMILES string of the molecule is COc1cc2nccc(Oc3ncc(N)cc3Cl)c2cc1OC. The summed E-state index contributed by atoms with van der Waals surface area (Å²) < 4.78 is 16.4. The molecule has 2 heterocycles. The summed E-state index contributed by atoms with van der Waals surface area (Å²) in [6, 6.07) is 6.88. The lowest BCUT2D eigenvalue weighted by molar-refractivity contribution is 0.355. The van der Waals surface area contributed by atoms with Crippen LogP contribution in [0.5, 0.6) is 23.1 Å². The van der Waals surface area contributed by atoms with Crippen molar-refractivity contribution in [1.29, 1.82) is 0 Å². The molecule has 6 nitrogen and oxygen atoms in total. The summed E-state index contributed by atoms with van der Waals surface area (Å²) in [5.74, 6) is 1.99. The largest absolute Gasteiger partial charge is 0.493 e. The fourth-order valence-electron chi connectivity index (χ4n) is 2.16. The van der Waals surface area contributed by atoms with Crippen molar-refractivity contribution >= 4 is 28.2 Å². The molecule has 0 spiro atoms. The van der Waals surface area contributed by atoms with Crippen LogP contribution in [0.3, 0.4) is 0 Å². The third-order valence-corrected chi connectivity index (χ3v) is 3.51. The molecule has 0 fully saturated rings. The van der Waals surface area contributed by atoms with Gasteiger partial charge in [0.25, 0.3) is 0 Å². The van der Waals surface area contributed by atoms with Gasteiger partial charge in [-0.05, 0) is 18.2 Å². The predicted octanol–water partition coefficient (Wildman–Crippen LogP) is 3.67. The number of rotatable bonds is 4. The van der Waals surface area contributed by atoms with Gasteiger partial charge in [0.1, 0.15) is 10.8 Å². The lowest BCUT2D eigenvalue weighted by atomic mass is 10.2. The van der Waals surface area contributed by atoms with Crippen LogP contribution >= 0.6 is 11.6 Å². The van der Waals surface area contributed by atoms with Gasteiger partial charge in [-0.2, -0.15) is 0 Å². The molecule has 0 unspecified atom stereocenters. The van der Waals surface area contributed by atoms with Crippen LogP contribution in [0.2, 0.25) is 5.02 Å². The summed E-state index contributed by atoms with van der Waals surface area (Å²) in [5.41, 5.74) is 6.81. The van der Waals surface area contributed by atoms with Gasteiger partial charge in [0.05, 0.1) is 31.6 Å². The first-order valence-electron chi connectivity index (χ1n) is 6.72. The second-order valence-corrected chi connectivity index (χ2v) is 5.10. The number of benzene rings is 1. The molecule has 7 heteroatoms. The highest BCUT2D eigenvalue weighted by atomic mass is 35.5. The Balaban J connectivity index is 2.10. The fourth-order valence-corrected chi connectivity index (χ4v) is 2.37. The molecule has 0 bridgehead atoms. The molecule has 0 atom stereocenters. The van der Waals surface area contributed by atoms with E-state index in [1.54, 1.807) is 44.7 Å². The van der Waals surface area contributed by atoms with Crippen molar-refractivity contribution in [3.63, 3.8) is 0 Å². The molecule has 1 aromatic carbocycles. The number of nitrogen functional groups attached to an aromatic ring is 1. The minimum Gasteiger partial charge on any atom is -0.493 e. The summed E-state index contributed by atoms with van der Waals surface area (Å²) in [7, 11) is 3.14. The lowest BCUT2D eigenvalue weighted by Gasteiger charge is -2.12. The quantitative estimate of drug-likeness (QED) is 0.785. The molecule has 3 aromatic rings. The highest BCUT2D eigenvalue weighted by Gasteiger charge is 2.13. The van der Waals surface area contributed by atoms with Gasteiger partial charge in [0, 0.05) is 17.6 Å². The van der Waals surface area contributed by atoms with E-state index in [1.165, 1.54) is 6.20 Å². The van der Waals surface area contributed by atoms with Crippen LogP contribution in [-0.4, -0.2) is 24.2 Å². The number of halogens is 1. The van der Waals surface area contributed by atoms with Gasteiger partial charge in [-0.1, -0.05) is 11.6 Å². The number of methoxy groups -OCH3 is 2. The number of fused-ring (bicyclic) bond motifs is 1. The van der Waals surface area contributed by atoms with Gasteiger partial charge < -0.3 is 19.9 Å². The molecular weight excluding hydrogens is 318 g/mol. The molecule has 0 aliphatic rings. The number of hydrogen-bond donors (Lipinski definition) is 1. The second-order valence-electron chi connectivity index (χ2n) is 4.69. The average molecular weight is 332 g/mol. The zero-order valence-electron chi connectivity index (χ0n) is 12.5. The molecule has 0 saturated carbocycles. The number of nitrogens with two attached hydrogens (primary N) is 1. The molecule has 0 saturated heterocycles. The van der Waals surface area contributed by atoms with Crippen LogP contribution in [0.15, 0.2) is 36.7 Å². The van der Waals surface area contributed by atoms with Crippen LogP contribution in [0.25, 0.3) is 10.9 Å². The molecule has 3 rings (SSSR count). The van der Waals surface area contributed by atoms with E-state index >= 15 is 0 Å². The van der Waals surface area contributed by atoms with E-state index in [0.29, 0.717) is 33.5 Å². The maximum absolute atomic E-state index is 6.11. The summed E-state index contributed by atoms with van der Waals surface area (Å²) in [5, 5.41) is 1.08. The Morgan fingerprint density at radius 2 is 1.74 bits per heavy atom. The normalized spacial score (nSPS) is 10.6. The van der Waals surface area contributed by atoms with Crippen LogP contribution in [0.1, 0.15) is 0 Å². The zero-order valence-corrected chi connectivity index (χ0v) is 13.3. The Kier molecular flexibility index (Phi) is 4.08. The minimum atomic E-state index is 0.267. The Hall–Kier alpha value is -2.73. The average Bonchev–Trinajstić information content (AvgIpc) is 2.56. The number of hydrogen-bond acceptors (Lipinski definition) is 6. The maximum Gasteiger partial charge on any atom is 0.238 e. The Labute approximate surface area is 137 Å². The van der Waals surface area contributed by atoms with Gasteiger partial charge in [0.15, 0.2) is 11.5 Å². The number of ether oxygens (including phenoxy) is 3. The summed E-state index contributed by atoms with van der Waals surface area (Å²) in [4.78, 5) is 8.42. The number of aromatic nitrogens is 2. The first-order valence-corrected chi connectivity index (χ1v) is 7.09. The highest BCUT2D eigenvalue weighted by Crippen LogP contribution is 2.37. The molecule has 0 aliphatic heterocycles. The Morgan fingerprint density at radius 1 is 1.00 bits per heavy atom. The van der Waals surface area contributed by atoms with Crippen molar-refractivity contribution in [3.8, 4) is 23.1 Å². The molecule has 0 radical (unpaired) electrons. The Bertz CT molecular complexity index is 871. The van der Waals surface area contributed by atoms with Gasteiger partial charge in [-0.15, -0.1) is 0 Å². The van der Waals surface area contributed by atoms with Crippen molar-refractivity contribution in [3.05, 3.63) is 41.7 Å². The van der Waals surface area contributed by atoms with Crippen LogP contribution < -0.4 is 19.9 Å². The number of nitrogens with zero attached hydrogens (tertiary/aromatic N) is 2. The third kappa shape index (κ3) is 2.93. The third-order valence-electron chi connectivity index (χ3n) is 3.24.